The van der Waals surface area contributed by atoms with Crippen molar-refractivity contribution in [1.29, 1.82) is 0 Å². The molecular formula is C34H36N6. The molecule has 2 heterocycles. The average molecular weight is 529 g/mol. The highest BCUT2D eigenvalue weighted by molar-refractivity contribution is 5.69. The minimum atomic E-state index is 0.669. The fraction of sp³-hybridized carbons (Fsp3) is 0.353. The van der Waals surface area contributed by atoms with Crippen LogP contribution in [-0.2, 0) is 0 Å². The number of rotatable bonds is 6. The summed E-state index contributed by atoms with van der Waals surface area (Å²) < 4.78 is 0. The lowest BCUT2D eigenvalue weighted by atomic mass is 9.84. The Morgan fingerprint density at radius 3 is 1.32 bits per heavy atom. The molecule has 0 saturated heterocycles. The first-order valence-corrected chi connectivity index (χ1v) is 15.0. The topological polar surface area (TPSA) is 83.1 Å². The molecule has 0 bridgehead atoms. The lowest BCUT2D eigenvalue weighted by molar-refractivity contribution is 0.443. The van der Waals surface area contributed by atoms with Crippen LogP contribution in [0.5, 0.6) is 0 Å². The van der Waals surface area contributed by atoms with E-state index >= 15 is 0 Å². The predicted octanol–water partition coefficient (Wildman–Crippen LogP) is 8.69. The number of H-pyrrole nitrogens is 2. The van der Waals surface area contributed by atoms with Gasteiger partial charge in [-0.3, -0.25) is 10.2 Å². The Labute approximate surface area is 235 Å². The number of aromatic nitrogens is 6. The van der Waals surface area contributed by atoms with Gasteiger partial charge in [-0.1, -0.05) is 105 Å². The van der Waals surface area contributed by atoms with Crippen LogP contribution in [0.3, 0.4) is 0 Å². The molecule has 0 spiro atoms. The van der Waals surface area contributed by atoms with E-state index in [0.29, 0.717) is 23.5 Å². The number of benzene rings is 3. The van der Waals surface area contributed by atoms with E-state index in [1.165, 1.54) is 75.3 Å². The monoisotopic (exact) mass is 528 g/mol. The molecule has 7 rings (SSSR count). The number of aromatic amines is 2. The molecule has 5 aromatic rings. The third kappa shape index (κ3) is 5.23. The maximum absolute atomic E-state index is 4.81. The first-order valence-electron chi connectivity index (χ1n) is 15.0. The van der Waals surface area contributed by atoms with Gasteiger partial charge in [-0.2, -0.15) is 10.2 Å². The van der Waals surface area contributed by atoms with E-state index in [-0.39, 0.29) is 0 Å². The summed E-state index contributed by atoms with van der Waals surface area (Å²) in [6.07, 6.45) is 13.4. The predicted molar refractivity (Wildman–Crippen MR) is 160 cm³/mol. The second kappa shape index (κ2) is 11.2. The summed E-state index contributed by atoms with van der Waals surface area (Å²) in [4.78, 5) is 9.62. The van der Waals surface area contributed by atoms with E-state index in [1.54, 1.807) is 0 Å². The maximum Gasteiger partial charge on any atom is 0.181 e. The summed E-state index contributed by atoms with van der Waals surface area (Å²) in [7, 11) is 0. The van der Waals surface area contributed by atoms with Crippen LogP contribution in [0.1, 0.15) is 87.2 Å². The second-order valence-electron chi connectivity index (χ2n) is 11.5. The lowest BCUT2D eigenvalue weighted by Crippen LogP contribution is -2.04. The van der Waals surface area contributed by atoms with E-state index in [2.05, 4.69) is 75.0 Å². The van der Waals surface area contributed by atoms with Gasteiger partial charge in [0.05, 0.1) is 0 Å². The number of hydrogen-bond acceptors (Lipinski definition) is 4. The van der Waals surface area contributed by atoms with Crippen molar-refractivity contribution in [2.24, 2.45) is 0 Å². The largest absolute Gasteiger partial charge is 0.259 e. The zero-order valence-electron chi connectivity index (χ0n) is 22.9. The molecule has 2 aromatic heterocycles. The van der Waals surface area contributed by atoms with Crippen LogP contribution in [0.25, 0.3) is 45.6 Å². The van der Waals surface area contributed by atoms with Crippen LogP contribution in [0.15, 0.2) is 72.8 Å². The van der Waals surface area contributed by atoms with Gasteiger partial charge in [0.25, 0.3) is 0 Å². The van der Waals surface area contributed by atoms with Crippen LogP contribution in [0.4, 0.5) is 0 Å². The van der Waals surface area contributed by atoms with E-state index in [4.69, 9.17) is 9.97 Å². The van der Waals surface area contributed by atoms with Gasteiger partial charge < -0.3 is 0 Å². The molecule has 6 heteroatoms. The zero-order valence-corrected chi connectivity index (χ0v) is 22.9. The summed E-state index contributed by atoms with van der Waals surface area (Å²) in [5.41, 5.74) is 6.87. The number of nitrogens with one attached hydrogen (secondary N) is 2. The van der Waals surface area contributed by atoms with Crippen LogP contribution in [0.2, 0.25) is 0 Å². The molecule has 2 aliphatic rings. The fourth-order valence-electron chi connectivity index (χ4n) is 6.54. The Hall–Kier alpha value is -4.06. The Bertz CT molecular complexity index is 1440. The van der Waals surface area contributed by atoms with Crippen molar-refractivity contribution in [1.82, 2.24) is 30.4 Å². The van der Waals surface area contributed by atoms with Gasteiger partial charge in [-0.25, -0.2) is 9.97 Å². The van der Waals surface area contributed by atoms with Crippen molar-refractivity contribution >= 4 is 0 Å². The normalized spacial score (nSPS) is 16.8. The van der Waals surface area contributed by atoms with E-state index < -0.39 is 0 Å². The summed E-state index contributed by atoms with van der Waals surface area (Å²) in [5.74, 6) is 4.31. The lowest BCUT2D eigenvalue weighted by Gasteiger charge is -2.21. The van der Waals surface area contributed by atoms with Gasteiger partial charge in [-0.05, 0) is 54.7 Å². The molecular weight excluding hydrogens is 492 g/mol. The Kier molecular flexibility index (Phi) is 6.99. The van der Waals surface area contributed by atoms with E-state index in [1.807, 2.05) is 18.2 Å². The molecule has 2 saturated carbocycles. The first-order chi connectivity index (χ1) is 19.8. The van der Waals surface area contributed by atoms with Gasteiger partial charge in [0, 0.05) is 22.3 Å². The Morgan fingerprint density at radius 1 is 0.475 bits per heavy atom. The van der Waals surface area contributed by atoms with Crippen molar-refractivity contribution in [3.8, 4) is 45.6 Å². The first kappa shape index (κ1) is 24.9. The van der Waals surface area contributed by atoms with Crippen LogP contribution >= 0.6 is 0 Å². The standard InChI is InChI=1S/C34H36N6/c1-3-8-23(9-4-1)25-14-18-27(19-15-25)31-35-33(39-37-31)29-12-7-13-30(22-29)34-36-32(38-40-34)28-20-16-26(17-21-28)24-10-5-2-6-11-24/h7,12-24H,1-6,8-11H2,(H,35,37,39)(H,36,38,40). The van der Waals surface area contributed by atoms with Gasteiger partial charge in [-0.15, -0.1) is 0 Å². The van der Waals surface area contributed by atoms with Gasteiger partial charge >= 0.3 is 0 Å². The highest BCUT2D eigenvalue weighted by atomic mass is 15.2. The van der Waals surface area contributed by atoms with Crippen molar-refractivity contribution in [2.75, 3.05) is 0 Å². The molecule has 0 amide bonds. The molecule has 2 N–H and O–H groups in total. The molecule has 202 valence electrons. The van der Waals surface area contributed by atoms with E-state index in [9.17, 15) is 0 Å². The van der Waals surface area contributed by atoms with Gasteiger partial charge in [0.15, 0.2) is 23.3 Å². The van der Waals surface area contributed by atoms with Gasteiger partial charge in [0.1, 0.15) is 0 Å². The molecule has 0 radical (unpaired) electrons. The summed E-state index contributed by atoms with van der Waals surface area (Å²) in [6, 6.07) is 25.8. The van der Waals surface area contributed by atoms with Crippen molar-refractivity contribution < 1.29 is 0 Å². The smallest absolute Gasteiger partial charge is 0.181 e. The van der Waals surface area contributed by atoms with Crippen LogP contribution in [0, 0.1) is 0 Å². The Morgan fingerprint density at radius 2 is 0.900 bits per heavy atom. The molecule has 2 aliphatic carbocycles. The van der Waals surface area contributed by atoms with Crippen molar-refractivity contribution in [3.63, 3.8) is 0 Å². The molecule has 3 aromatic carbocycles. The summed E-state index contributed by atoms with van der Waals surface area (Å²) in [5, 5.41) is 15.3. The summed E-state index contributed by atoms with van der Waals surface area (Å²) in [6.45, 7) is 0. The van der Waals surface area contributed by atoms with E-state index in [0.717, 1.165) is 33.9 Å². The van der Waals surface area contributed by atoms with Gasteiger partial charge in [0.2, 0.25) is 0 Å². The van der Waals surface area contributed by atoms with Crippen LogP contribution < -0.4 is 0 Å². The zero-order chi connectivity index (χ0) is 26.7. The molecule has 0 atom stereocenters. The second-order valence-corrected chi connectivity index (χ2v) is 11.5. The van der Waals surface area contributed by atoms with Crippen molar-refractivity contribution in [3.05, 3.63) is 83.9 Å². The highest BCUT2D eigenvalue weighted by Crippen LogP contribution is 2.35. The molecule has 0 unspecified atom stereocenters. The highest BCUT2D eigenvalue weighted by Gasteiger charge is 2.18. The SMILES string of the molecule is c1cc(-c2n[nH]c(-c3ccc(C4CCCCC4)cc3)n2)cc(-c2n[nH]c(-c3ccc(C4CCCCC4)cc3)n2)c1. The minimum Gasteiger partial charge on any atom is -0.259 e. The average Bonchev–Trinajstić information content (AvgIpc) is 3.74. The molecule has 0 aliphatic heterocycles. The number of hydrogen-bond donors (Lipinski definition) is 2. The molecule has 2 fully saturated rings. The summed E-state index contributed by atoms with van der Waals surface area (Å²) >= 11 is 0. The Balaban J connectivity index is 1.07. The third-order valence-corrected chi connectivity index (χ3v) is 8.87. The van der Waals surface area contributed by atoms with Crippen LogP contribution in [-0.4, -0.2) is 30.4 Å². The third-order valence-electron chi connectivity index (χ3n) is 8.87. The molecule has 6 nitrogen and oxygen atoms in total. The fourth-order valence-corrected chi connectivity index (χ4v) is 6.54. The quantitative estimate of drug-likeness (QED) is 0.231. The molecule has 40 heavy (non-hydrogen) atoms. The maximum atomic E-state index is 4.81. The van der Waals surface area contributed by atoms with Crippen molar-refractivity contribution in [2.45, 2.75) is 76.0 Å². The minimum absolute atomic E-state index is 0.669. The number of nitrogens with zero attached hydrogens (tertiary/aromatic N) is 4.